The van der Waals surface area contributed by atoms with Gasteiger partial charge in [0.2, 0.25) is 0 Å². The number of benzene rings is 1. The van der Waals surface area contributed by atoms with Crippen LogP contribution in [-0.2, 0) is 22.4 Å². The minimum absolute atomic E-state index is 0.0605. The SMILES string of the molecule is CC(C)(C)OC(=O)N1CCCC1C(=O)CCC1CC(=O)c2c([nH]c(-c3ccncc3)c2Cc2ccccc2)C1. The highest BCUT2D eigenvalue weighted by Gasteiger charge is 2.37. The number of fused-ring (bicyclic) bond motifs is 1. The highest BCUT2D eigenvalue weighted by Crippen LogP contribution is 2.37. The summed E-state index contributed by atoms with van der Waals surface area (Å²) in [7, 11) is 0. The lowest BCUT2D eigenvalue weighted by Gasteiger charge is -2.28. The Kier molecular flexibility index (Phi) is 7.69. The first-order valence-corrected chi connectivity index (χ1v) is 13.9. The summed E-state index contributed by atoms with van der Waals surface area (Å²) in [6.45, 7) is 6.04. The average molecular weight is 528 g/mol. The molecule has 0 radical (unpaired) electrons. The van der Waals surface area contributed by atoms with Crippen molar-refractivity contribution in [3.8, 4) is 11.3 Å². The second-order valence-corrected chi connectivity index (χ2v) is 11.8. The van der Waals surface area contributed by atoms with Crippen LogP contribution in [-0.4, -0.2) is 50.7 Å². The third kappa shape index (κ3) is 6.13. The summed E-state index contributed by atoms with van der Waals surface area (Å²) in [6, 6.07) is 13.7. The van der Waals surface area contributed by atoms with Crippen LogP contribution in [0, 0.1) is 5.92 Å². The van der Waals surface area contributed by atoms with Crippen LogP contribution in [0.2, 0.25) is 0 Å². The Balaban J connectivity index is 1.31. The van der Waals surface area contributed by atoms with Gasteiger partial charge in [-0.1, -0.05) is 30.3 Å². The summed E-state index contributed by atoms with van der Waals surface area (Å²) in [5, 5.41) is 0. The van der Waals surface area contributed by atoms with Gasteiger partial charge in [-0.3, -0.25) is 19.5 Å². The topological polar surface area (TPSA) is 92.4 Å². The van der Waals surface area contributed by atoms with Crippen molar-refractivity contribution in [2.45, 2.75) is 77.4 Å². The summed E-state index contributed by atoms with van der Waals surface area (Å²) in [6.07, 6.45) is 7.37. The monoisotopic (exact) mass is 527 g/mol. The molecule has 0 spiro atoms. The lowest BCUT2D eigenvalue weighted by Crippen LogP contribution is -2.43. The van der Waals surface area contributed by atoms with Crippen molar-refractivity contribution < 1.29 is 19.1 Å². The number of hydrogen-bond acceptors (Lipinski definition) is 5. The molecule has 2 unspecified atom stereocenters. The number of pyridine rings is 1. The van der Waals surface area contributed by atoms with Crippen LogP contribution < -0.4 is 0 Å². The maximum atomic E-state index is 13.5. The Labute approximate surface area is 230 Å². The zero-order valence-corrected chi connectivity index (χ0v) is 23.0. The molecule has 0 saturated carbocycles. The number of Topliss-reactive ketones (excluding diaryl/α,β-unsaturated/α-hetero) is 2. The Bertz CT molecular complexity index is 1340. The number of H-pyrrole nitrogens is 1. The van der Waals surface area contributed by atoms with E-state index in [1.165, 1.54) is 0 Å². The van der Waals surface area contributed by atoms with Gasteiger partial charge in [0.25, 0.3) is 0 Å². The predicted octanol–water partition coefficient (Wildman–Crippen LogP) is 6.16. The molecule has 7 nitrogen and oxygen atoms in total. The molecule has 1 aromatic carbocycles. The molecule has 1 saturated heterocycles. The Hall–Kier alpha value is -3.74. The molecular weight excluding hydrogens is 490 g/mol. The van der Waals surface area contributed by atoms with Gasteiger partial charge in [0, 0.05) is 55.0 Å². The molecule has 2 aromatic heterocycles. The number of aromatic amines is 1. The van der Waals surface area contributed by atoms with Crippen LogP contribution in [0.4, 0.5) is 4.79 Å². The molecule has 1 N–H and O–H groups in total. The number of hydrogen-bond donors (Lipinski definition) is 1. The molecule has 2 aliphatic rings. The highest BCUT2D eigenvalue weighted by atomic mass is 16.6. The van der Waals surface area contributed by atoms with Crippen molar-refractivity contribution in [1.82, 2.24) is 14.9 Å². The zero-order valence-electron chi connectivity index (χ0n) is 23.0. The second-order valence-electron chi connectivity index (χ2n) is 11.8. The van der Waals surface area contributed by atoms with Crippen LogP contribution in [0.25, 0.3) is 11.3 Å². The second kappa shape index (κ2) is 11.2. The van der Waals surface area contributed by atoms with Crippen LogP contribution >= 0.6 is 0 Å². The molecular formula is C32H37N3O4. The van der Waals surface area contributed by atoms with Gasteiger partial charge >= 0.3 is 6.09 Å². The Morgan fingerprint density at radius 3 is 2.54 bits per heavy atom. The van der Waals surface area contributed by atoms with E-state index in [2.05, 4.69) is 22.1 Å². The largest absolute Gasteiger partial charge is 0.444 e. The third-order valence-corrected chi connectivity index (χ3v) is 7.67. The molecule has 2 atom stereocenters. The number of ketones is 2. The van der Waals surface area contributed by atoms with Crippen LogP contribution in [0.15, 0.2) is 54.9 Å². The summed E-state index contributed by atoms with van der Waals surface area (Å²) in [5.41, 5.74) is 5.32. The molecule has 5 rings (SSSR count). The summed E-state index contributed by atoms with van der Waals surface area (Å²) < 4.78 is 5.52. The van der Waals surface area contributed by atoms with Gasteiger partial charge in [0.1, 0.15) is 5.60 Å². The van der Waals surface area contributed by atoms with Crippen molar-refractivity contribution in [3.05, 3.63) is 77.2 Å². The van der Waals surface area contributed by atoms with E-state index in [4.69, 9.17) is 4.74 Å². The lowest BCUT2D eigenvalue weighted by molar-refractivity contribution is -0.123. The van der Waals surface area contributed by atoms with Crippen molar-refractivity contribution in [2.75, 3.05) is 6.54 Å². The Morgan fingerprint density at radius 2 is 1.82 bits per heavy atom. The predicted molar refractivity (Wildman–Crippen MR) is 150 cm³/mol. The van der Waals surface area contributed by atoms with E-state index in [-0.39, 0.29) is 17.5 Å². The van der Waals surface area contributed by atoms with Crippen LogP contribution in [0.3, 0.4) is 0 Å². The molecule has 7 heteroatoms. The van der Waals surface area contributed by atoms with E-state index >= 15 is 0 Å². The first-order valence-electron chi connectivity index (χ1n) is 13.9. The first kappa shape index (κ1) is 26.9. The number of carbonyl (C=O) groups excluding carboxylic acids is 3. The van der Waals surface area contributed by atoms with Crippen molar-refractivity contribution >= 4 is 17.7 Å². The number of nitrogens with zero attached hydrogens (tertiary/aromatic N) is 2. The molecule has 1 aliphatic heterocycles. The van der Waals surface area contributed by atoms with Crippen LogP contribution in [0.5, 0.6) is 0 Å². The molecule has 1 aliphatic carbocycles. The van der Waals surface area contributed by atoms with Crippen LogP contribution in [0.1, 0.15) is 80.1 Å². The number of rotatable bonds is 7. The summed E-state index contributed by atoms with van der Waals surface area (Å²) in [5.74, 6) is 0.275. The summed E-state index contributed by atoms with van der Waals surface area (Å²) in [4.78, 5) is 48.7. The molecule has 3 aromatic rings. The number of nitrogens with one attached hydrogen (secondary N) is 1. The van der Waals surface area contributed by atoms with Gasteiger partial charge in [-0.25, -0.2) is 4.79 Å². The minimum atomic E-state index is -0.599. The van der Waals surface area contributed by atoms with Gasteiger partial charge in [-0.05, 0) is 75.6 Å². The number of ether oxygens (including phenoxy) is 1. The number of carbonyl (C=O) groups is 3. The van der Waals surface area contributed by atoms with Gasteiger partial charge in [0.05, 0.1) is 11.7 Å². The maximum Gasteiger partial charge on any atom is 0.410 e. The van der Waals surface area contributed by atoms with E-state index in [1.54, 1.807) is 17.3 Å². The standard InChI is InChI=1S/C32H37N3O4/c1-32(2,3)39-31(38)35-17-7-10-26(35)27(36)12-11-22-19-25-29(28(37)20-22)24(18-21-8-5-4-6-9-21)30(34-25)23-13-15-33-16-14-23/h4-6,8-9,13-16,22,26,34H,7,10-12,17-20H2,1-3H3. The molecule has 1 fully saturated rings. The van der Waals surface area contributed by atoms with E-state index in [1.807, 2.05) is 51.1 Å². The molecule has 3 heterocycles. The van der Waals surface area contributed by atoms with Gasteiger partial charge in [-0.2, -0.15) is 0 Å². The lowest BCUT2D eigenvalue weighted by atomic mass is 9.81. The Morgan fingerprint density at radius 1 is 1.08 bits per heavy atom. The fourth-order valence-electron chi connectivity index (χ4n) is 5.91. The average Bonchev–Trinajstić information content (AvgIpc) is 3.53. The third-order valence-electron chi connectivity index (χ3n) is 7.67. The molecule has 1 amide bonds. The normalized spacial score (nSPS) is 19.2. The fraction of sp³-hybridized carbons (Fsp3) is 0.438. The highest BCUT2D eigenvalue weighted by molar-refractivity contribution is 6.02. The van der Waals surface area contributed by atoms with Crippen molar-refractivity contribution in [2.24, 2.45) is 5.92 Å². The maximum absolute atomic E-state index is 13.5. The van der Waals surface area contributed by atoms with E-state index < -0.39 is 17.7 Å². The number of likely N-dealkylation sites (tertiary alicyclic amines) is 1. The first-order chi connectivity index (χ1) is 18.7. The smallest absolute Gasteiger partial charge is 0.410 e. The van der Waals surface area contributed by atoms with E-state index in [0.29, 0.717) is 38.6 Å². The quantitative estimate of drug-likeness (QED) is 0.397. The van der Waals surface area contributed by atoms with Crippen molar-refractivity contribution in [3.63, 3.8) is 0 Å². The number of aromatic nitrogens is 2. The zero-order chi connectivity index (χ0) is 27.6. The van der Waals surface area contributed by atoms with Crippen molar-refractivity contribution in [1.29, 1.82) is 0 Å². The number of amides is 1. The fourth-order valence-corrected chi connectivity index (χ4v) is 5.91. The molecule has 204 valence electrons. The minimum Gasteiger partial charge on any atom is -0.444 e. The van der Waals surface area contributed by atoms with E-state index in [9.17, 15) is 14.4 Å². The van der Waals surface area contributed by atoms with Gasteiger partial charge < -0.3 is 9.72 Å². The van der Waals surface area contributed by atoms with E-state index in [0.717, 1.165) is 46.5 Å². The molecule has 39 heavy (non-hydrogen) atoms. The van der Waals surface area contributed by atoms with Gasteiger partial charge in [0.15, 0.2) is 11.6 Å². The molecule has 0 bridgehead atoms. The summed E-state index contributed by atoms with van der Waals surface area (Å²) >= 11 is 0. The van der Waals surface area contributed by atoms with Gasteiger partial charge in [-0.15, -0.1) is 0 Å².